The van der Waals surface area contributed by atoms with E-state index in [0.717, 1.165) is 6.26 Å². The predicted octanol–water partition coefficient (Wildman–Crippen LogP) is 0.469. The van der Waals surface area contributed by atoms with Crippen molar-refractivity contribution in [2.45, 2.75) is 4.90 Å². The van der Waals surface area contributed by atoms with Crippen LogP contribution in [-0.2, 0) is 9.84 Å². The number of amides is 1. The molecule has 9 heteroatoms. The van der Waals surface area contributed by atoms with Crippen molar-refractivity contribution in [3.8, 4) is 6.01 Å². The molecule has 0 atom stereocenters. The lowest BCUT2D eigenvalue weighted by atomic mass is 10.2. The molecule has 0 aliphatic carbocycles. The van der Waals surface area contributed by atoms with Gasteiger partial charge < -0.3 is 4.74 Å². The van der Waals surface area contributed by atoms with Crippen LogP contribution in [0.4, 0.5) is 5.95 Å². The number of H-pyrrole nitrogens is 1. The molecule has 0 spiro atoms. The SMILES string of the molecule is COc1n[nH]c(NC(=O)c2ccc(S(C)(=O)=O)cc2)n1. The molecule has 2 aromatic rings. The molecule has 1 heterocycles. The quantitative estimate of drug-likeness (QED) is 0.847. The van der Waals surface area contributed by atoms with Crippen LogP contribution in [0.5, 0.6) is 6.01 Å². The Kier molecular flexibility index (Phi) is 3.70. The van der Waals surface area contributed by atoms with E-state index in [0.29, 0.717) is 5.56 Å². The molecule has 0 aliphatic heterocycles. The molecule has 2 N–H and O–H groups in total. The highest BCUT2D eigenvalue weighted by atomic mass is 32.2. The maximum Gasteiger partial charge on any atom is 0.336 e. The number of nitrogens with one attached hydrogen (secondary N) is 2. The van der Waals surface area contributed by atoms with Crippen LogP contribution in [0.2, 0.25) is 0 Å². The van der Waals surface area contributed by atoms with Gasteiger partial charge in [0.15, 0.2) is 9.84 Å². The number of anilines is 1. The number of sulfone groups is 1. The summed E-state index contributed by atoms with van der Waals surface area (Å²) < 4.78 is 27.4. The number of carbonyl (C=O) groups excluding carboxylic acids is 1. The molecule has 0 bridgehead atoms. The van der Waals surface area contributed by atoms with Gasteiger partial charge in [0.1, 0.15) is 0 Å². The van der Waals surface area contributed by atoms with Crippen LogP contribution in [0.1, 0.15) is 10.4 Å². The fraction of sp³-hybridized carbons (Fsp3) is 0.182. The number of hydrogen-bond donors (Lipinski definition) is 2. The highest BCUT2D eigenvalue weighted by molar-refractivity contribution is 7.90. The van der Waals surface area contributed by atoms with E-state index in [1.807, 2.05) is 0 Å². The molecule has 0 saturated heterocycles. The lowest BCUT2D eigenvalue weighted by Gasteiger charge is -2.02. The maximum absolute atomic E-state index is 11.9. The first kappa shape index (κ1) is 14.0. The predicted molar refractivity (Wildman–Crippen MR) is 70.4 cm³/mol. The van der Waals surface area contributed by atoms with Gasteiger partial charge in [-0.25, -0.2) is 13.5 Å². The van der Waals surface area contributed by atoms with Gasteiger partial charge >= 0.3 is 6.01 Å². The third-order valence-corrected chi connectivity index (χ3v) is 3.55. The van der Waals surface area contributed by atoms with Crippen molar-refractivity contribution in [1.82, 2.24) is 15.2 Å². The highest BCUT2D eigenvalue weighted by Crippen LogP contribution is 2.12. The van der Waals surface area contributed by atoms with E-state index in [4.69, 9.17) is 4.74 Å². The molecule has 2 rings (SSSR count). The number of ether oxygens (including phenoxy) is 1. The van der Waals surface area contributed by atoms with Crippen LogP contribution in [0.15, 0.2) is 29.2 Å². The molecule has 106 valence electrons. The van der Waals surface area contributed by atoms with Crippen molar-refractivity contribution in [2.75, 3.05) is 18.7 Å². The van der Waals surface area contributed by atoms with Crippen LogP contribution >= 0.6 is 0 Å². The summed E-state index contributed by atoms with van der Waals surface area (Å²) in [5.74, 6) is -0.303. The van der Waals surface area contributed by atoms with Gasteiger partial charge in [0, 0.05) is 11.8 Å². The average molecular weight is 296 g/mol. The standard InChI is InChI=1S/C11H12N4O4S/c1-19-11-13-10(14-15-11)12-9(16)7-3-5-8(6-4-7)20(2,17)18/h3-6H,1-2H3,(H2,12,13,14,15,16). The third-order valence-electron chi connectivity index (χ3n) is 2.42. The molecular weight excluding hydrogens is 284 g/mol. The second-order valence-electron chi connectivity index (χ2n) is 3.92. The summed E-state index contributed by atoms with van der Waals surface area (Å²) in [7, 11) is -1.88. The summed E-state index contributed by atoms with van der Waals surface area (Å²) in [5.41, 5.74) is 0.299. The number of aromatic amines is 1. The van der Waals surface area contributed by atoms with E-state index >= 15 is 0 Å². The number of carbonyl (C=O) groups is 1. The zero-order valence-electron chi connectivity index (χ0n) is 10.7. The van der Waals surface area contributed by atoms with E-state index in [2.05, 4.69) is 20.5 Å². The van der Waals surface area contributed by atoms with Crippen LogP contribution in [-0.4, -0.2) is 42.9 Å². The molecule has 0 unspecified atom stereocenters. The largest absolute Gasteiger partial charge is 0.466 e. The van der Waals surface area contributed by atoms with E-state index < -0.39 is 15.7 Å². The second-order valence-corrected chi connectivity index (χ2v) is 5.94. The zero-order chi connectivity index (χ0) is 14.8. The summed E-state index contributed by atoms with van der Waals surface area (Å²) in [6, 6.07) is 5.67. The van der Waals surface area contributed by atoms with Gasteiger partial charge in [-0.05, 0) is 24.3 Å². The smallest absolute Gasteiger partial charge is 0.336 e. The normalized spacial score (nSPS) is 11.1. The fourth-order valence-electron chi connectivity index (χ4n) is 1.43. The maximum atomic E-state index is 11.9. The Bertz CT molecular complexity index is 721. The number of methoxy groups -OCH3 is 1. The zero-order valence-corrected chi connectivity index (χ0v) is 11.6. The number of benzene rings is 1. The molecule has 0 aliphatic rings. The third kappa shape index (κ3) is 3.12. The molecular formula is C11H12N4O4S. The Morgan fingerprint density at radius 2 is 1.95 bits per heavy atom. The molecule has 1 aromatic heterocycles. The number of aromatic nitrogens is 3. The van der Waals surface area contributed by atoms with E-state index in [1.165, 1.54) is 31.4 Å². The number of rotatable bonds is 4. The molecule has 20 heavy (non-hydrogen) atoms. The Morgan fingerprint density at radius 3 is 2.45 bits per heavy atom. The lowest BCUT2D eigenvalue weighted by Crippen LogP contribution is -2.13. The second kappa shape index (κ2) is 5.29. The minimum Gasteiger partial charge on any atom is -0.466 e. The van der Waals surface area contributed by atoms with Crippen LogP contribution in [0.3, 0.4) is 0 Å². The molecule has 0 fully saturated rings. The Morgan fingerprint density at radius 1 is 1.30 bits per heavy atom. The average Bonchev–Trinajstić information content (AvgIpc) is 2.85. The van der Waals surface area contributed by atoms with E-state index in [1.54, 1.807) is 0 Å². The van der Waals surface area contributed by atoms with Crippen molar-refractivity contribution in [3.63, 3.8) is 0 Å². The van der Waals surface area contributed by atoms with Crippen LogP contribution < -0.4 is 10.1 Å². The molecule has 0 saturated carbocycles. The summed E-state index contributed by atoms with van der Waals surface area (Å²) in [5, 5.41) is 8.63. The van der Waals surface area contributed by atoms with E-state index in [-0.39, 0.29) is 16.9 Å². The molecule has 1 aromatic carbocycles. The van der Waals surface area contributed by atoms with Crippen molar-refractivity contribution in [2.24, 2.45) is 0 Å². The van der Waals surface area contributed by atoms with Crippen molar-refractivity contribution in [1.29, 1.82) is 0 Å². The van der Waals surface area contributed by atoms with Crippen LogP contribution in [0.25, 0.3) is 0 Å². The summed E-state index contributed by atoms with van der Waals surface area (Å²) in [6.07, 6.45) is 1.10. The van der Waals surface area contributed by atoms with Crippen molar-refractivity contribution < 1.29 is 17.9 Å². The summed E-state index contributed by atoms with van der Waals surface area (Å²) in [6.45, 7) is 0. The molecule has 1 amide bonds. The topological polar surface area (TPSA) is 114 Å². The number of nitrogens with zero attached hydrogens (tertiary/aromatic N) is 2. The van der Waals surface area contributed by atoms with Gasteiger partial charge in [-0.1, -0.05) is 0 Å². The monoisotopic (exact) mass is 296 g/mol. The number of hydrogen-bond acceptors (Lipinski definition) is 6. The minimum atomic E-state index is -3.28. The van der Waals surface area contributed by atoms with Gasteiger partial charge in [0.25, 0.3) is 5.91 Å². The first-order valence-corrected chi connectivity index (χ1v) is 7.37. The fourth-order valence-corrected chi connectivity index (χ4v) is 2.06. The molecule has 8 nitrogen and oxygen atoms in total. The summed E-state index contributed by atoms with van der Waals surface area (Å²) in [4.78, 5) is 15.9. The Labute approximate surface area is 115 Å². The van der Waals surface area contributed by atoms with Gasteiger partial charge in [0.2, 0.25) is 5.95 Å². The highest BCUT2D eigenvalue weighted by Gasteiger charge is 2.12. The lowest BCUT2D eigenvalue weighted by molar-refractivity contribution is 0.102. The van der Waals surface area contributed by atoms with E-state index in [9.17, 15) is 13.2 Å². The summed E-state index contributed by atoms with van der Waals surface area (Å²) >= 11 is 0. The molecule has 0 radical (unpaired) electrons. The Balaban J connectivity index is 2.13. The Hall–Kier alpha value is -2.42. The minimum absolute atomic E-state index is 0.104. The van der Waals surface area contributed by atoms with Gasteiger partial charge in [0.05, 0.1) is 12.0 Å². The van der Waals surface area contributed by atoms with Gasteiger partial charge in [-0.2, -0.15) is 4.98 Å². The first-order valence-electron chi connectivity index (χ1n) is 5.48. The van der Waals surface area contributed by atoms with Gasteiger partial charge in [-0.15, -0.1) is 5.10 Å². The van der Waals surface area contributed by atoms with Gasteiger partial charge in [-0.3, -0.25) is 10.1 Å². The van der Waals surface area contributed by atoms with Crippen LogP contribution in [0, 0.1) is 0 Å². The van der Waals surface area contributed by atoms with Crippen molar-refractivity contribution >= 4 is 21.7 Å². The first-order chi connectivity index (χ1) is 9.40. The van der Waals surface area contributed by atoms with Crippen molar-refractivity contribution in [3.05, 3.63) is 29.8 Å².